The van der Waals surface area contributed by atoms with E-state index >= 15 is 0 Å². The molecule has 0 spiro atoms. The van der Waals surface area contributed by atoms with Gasteiger partial charge in [-0.1, -0.05) is 30.8 Å². The molecule has 0 aliphatic carbocycles. The first-order valence-corrected chi connectivity index (χ1v) is 10.4. The number of aryl methyl sites for hydroxylation is 1. The van der Waals surface area contributed by atoms with Crippen LogP contribution in [-0.4, -0.2) is 22.0 Å². The average Bonchev–Trinajstić information content (AvgIpc) is 2.75. The van der Waals surface area contributed by atoms with E-state index in [1.807, 2.05) is 25.1 Å². The van der Waals surface area contributed by atoms with Crippen LogP contribution in [0.3, 0.4) is 0 Å². The number of hydrogen-bond donors (Lipinski definition) is 2. The van der Waals surface area contributed by atoms with E-state index in [2.05, 4.69) is 22.2 Å². The molecule has 1 aliphatic rings. The predicted molar refractivity (Wildman–Crippen MR) is 118 cm³/mol. The summed E-state index contributed by atoms with van der Waals surface area (Å²) >= 11 is 0. The van der Waals surface area contributed by atoms with Gasteiger partial charge in [0.25, 0.3) is 5.56 Å². The third-order valence-corrected chi connectivity index (χ3v) is 5.68. The van der Waals surface area contributed by atoms with Crippen LogP contribution in [0.15, 0.2) is 59.5 Å². The van der Waals surface area contributed by atoms with Gasteiger partial charge in [-0.2, -0.15) is 0 Å². The highest BCUT2D eigenvalue weighted by Crippen LogP contribution is 2.22. The summed E-state index contributed by atoms with van der Waals surface area (Å²) in [5.41, 5.74) is 2.97. The molecule has 7 heteroatoms. The van der Waals surface area contributed by atoms with E-state index in [0.29, 0.717) is 23.3 Å². The average molecular weight is 420 g/mol. The van der Waals surface area contributed by atoms with Gasteiger partial charge in [-0.05, 0) is 49.1 Å². The molecule has 160 valence electrons. The van der Waals surface area contributed by atoms with Gasteiger partial charge in [0.05, 0.1) is 23.4 Å². The van der Waals surface area contributed by atoms with Crippen molar-refractivity contribution >= 4 is 16.8 Å². The van der Waals surface area contributed by atoms with E-state index < -0.39 is 0 Å². The molecule has 0 saturated carbocycles. The Morgan fingerprint density at radius 3 is 2.77 bits per heavy atom. The second-order valence-corrected chi connectivity index (χ2v) is 7.90. The minimum atomic E-state index is -0.337. The summed E-state index contributed by atoms with van der Waals surface area (Å²) in [6.45, 7) is 6.66. The normalized spacial score (nSPS) is 16.2. The fourth-order valence-corrected chi connectivity index (χ4v) is 4.06. The molecule has 0 radical (unpaired) electrons. The molecule has 1 amide bonds. The highest BCUT2D eigenvalue weighted by molar-refractivity contribution is 5.83. The molecule has 1 aromatic heterocycles. The molecule has 1 saturated heterocycles. The first-order chi connectivity index (χ1) is 14.9. The van der Waals surface area contributed by atoms with Crippen LogP contribution in [0, 0.1) is 12.7 Å². The van der Waals surface area contributed by atoms with Crippen LogP contribution in [0.2, 0.25) is 0 Å². The summed E-state index contributed by atoms with van der Waals surface area (Å²) in [5.74, 6) is 0.143. The number of aromatic nitrogens is 2. The molecule has 1 unspecified atom stereocenters. The third-order valence-electron chi connectivity index (χ3n) is 5.68. The van der Waals surface area contributed by atoms with E-state index in [0.717, 1.165) is 29.7 Å². The largest absolute Gasteiger partial charge is 0.387 e. The van der Waals surface area contributed by atoms with Crippen molar-refractivity contribution in [1.29, 1.82) is 0 Å². The molecule has 2 N–H and O–H groups in total. The lowest BCUT2D eigenvalue weighted by Gasteiger charge is -2.28. The van der Waals surface area contributed by atoms with Crippen LogP contribution in [0.1, 0.15) is 35.8 Å². The smallest absolute Gasteiger partial charge is 0.262 e. The maximum atomic E-state index is 13.4. The summed E-state index contributed by atoms with van der Waals surface area (Å²) in [5, 5.41) is 6.65. The van der Waals surface area contributed by atoms with Crippen molar-refractivity contribution in [2.45, 2.75) is 38.8 Å². The number of hydrogen-bond acceptors (Lipinski definition) is 4. The van der Waals surface area contributed by atoms with Crippen LogP contribution in [0.4, 0.5) is 4.39 Å². The quantitative estimate of drug-likeness (QED) is 0.665. The lowest BCUT2D eigenvalue weighted by Crippen LogP contribution is -2.37. The van der Waals surface area contributed by atoms with Gasteiger partial charge >= 0.3 is 0 Å². The molecule has 6 nitrogen and oxygen atoms in total. The molecule has 31 heavy (non-hydrogen) atoms. The Morgan fingerprint density at radius 2 is 2.06 bits per heavy atom. The van der Waals surface area contributed by atoms with Crippen LogP contribution < -0.4 is 16.2 Å². The van der Waals surface area contributed by atoms with Crippen molar-refractivity contribution in [3.05, 3.63) is 87.9 Å². The van der Waals surface area contributed by atoms with Gasteiger partial charge in [0.15, 0.2) is 0 Å². The Morgan fingerprint density at radius 1 is 1.29 bits per heavy atom. The van der Waals surface area contributed by atoms with Crippen molar-refractivity contribution in [1.82, 2.24) is 20.2 Å². The molecule has 3 aromatic rings. The third kappa shape index (κ3) is 4.50. The Bertz CT molecular complexity index is 1190. The Balaban J connectivity index is 1.58. The molecule has 2 heterocycles. The minimum Gasteiger partial charge on any atom is -0.387 e. The highest BCUT2D eigenvalue weighted by Gasteiger charge is 2.22. The van der Waals surface area contributed by atoms with E-state index in [1.54, 1.807) is 16.7 Å². The van der Waals surface area contributed by atoms with Crippen molar-refractivity contribution in [2.75, 3.05) is 6.54 Å². The van der Waals surface area contributed by atoms with Gasteiger partial charge in [0, 0.05) is 18.8 Å². The fourth-order valence-electron chi connectivity index (χ4n) is 4.06. The second-order valence-electron chi connectivity index (χ2n) is 7.90. The zero-order valence-corrected chi connectivity index (χ0v) is 17.5. The highest BCUT2D eigenvalue weighted by atomic mass is 19.1. The molecule has 0 bridgehead atoms. The standard InChI is InChI=1S/C24H25FN4O2/c1-15-6-11-20(14-26-15)29-16(2)28-21-5-3-4-18(23(21)24(29)31)13-27-22(30)12-17-7-9-19(25)10-8-17/h3-5,7-10,20,26H,1,6,11-14H2,2H3,(H,27,30). The summed E-state index contributed by atoms with van der Waals surface area (Å²) in [6.07, 6.45) is 1.79. The van der Waals surface area contributed by atoms with E-state index in [-0.39, 0.29) is 36.3 Å². The fraction of sp³-hybridized carbons (Fsp3) is 0.292. The number of rotatable bonds is 5. The van der Waals surface area contributed by atoms with E-state index in [9.17, 15) is 14.0 Å². The second kappa shape index (κ2) is 8.71. The molecular formula is C24H25FN4O2. The Labute approximate surface area is 179 Å². The van der Waals surface area contributed by atoms with Crippen LogP contribution in [0.5, 0.6) is 0 Å². The van der Waals surface area contributed by atoms with Gasteiger partial charge in [-0.25, -0.2) is 9.37 Å². The number of allylic oxidation sites excluding steroid dienone is 1. The molecule has 1 atom stereocenters. The number of halogens is 1. The summed E-state index contributed by atoms with van der Waals surface area (Å²) in [4.78, 5) is 30.5. The number of carbonyl (C=O) groups excluding carboxylic acids is 1. The monoisotopic (exact) mass is 420 g/mol. The number of piperidine rings is 1. The molecule has 1 aliphatic heterocycles. The topological polar surface area (TPSA) is 76.0 Å². The first kappa shape index (κ1) is 20.8. The maximum absolute atomic E-state index is 13.4. The van der Waals surface area contributed by atoms with E-state index in [1.165, 1.54) is 12.1 Å². The molecule has 4 rings (SSSR count). The number of carbonyl (C=O) groups is 1. The number of nitrogens with zero attached hydrogens (tertiary/aromatic N) is 2. The van der Waals surface area contributed by atoms with Gasteiger partial charge in [-0.15, -0.1) is 0 Å². The Hall–Kier alpha value is -3.48. The number of amides is 1. The van der Waals surface area contributed by atoms with E-state index in [4.69, 9.17) is 0 Å². The van der Waals surface area contributed by atoms with Crippen LogP contribution >= 0.6 is 0 Å². The summed E-state index contributed by atoms with van der Waals surface area (Å²) in [7, 11) is 0. The maximum Gasteiger partial charge on any atom is 0.262 e. The summed E-state index contributed by atoms with van der Waals surface area (Å²) in [6, 6.07) is 11.3. The van der Waals surface area contributed by atoms with Gasteiger partial charge in [0.2, 0.25) is 5.91 Å². The zero-order chi connectivity index (χ0) is 22.0. The zero-order valence-electron chi connectivity index (χ0n) is 17.5. The first-order valence-electron chi connectivity index (χ1n) is 10.4. The lowest BCUT2D eigenvalue weighted by atomic mass is 10.0. The van der Waals surface area contributed by atoms with Crippen LogP contribution in [0.25, 0.3) is 10.9 Å². The van der Waals surface area contributed by atoms with Crippen molar-refractivity contribution in [3.8, 4) is 0 Å². The van der Waals surface area contributed by atoms with Gasteiger partial charge in [-0.3, -0.25) is 14.2 Å². The predicted octanol–water partition coefficient (Wildman–Crippen LogP) is 3.14. The van der Waals surface area contributed by atoms with Gasteiger partial charge < -0.3 is 10.6 Å². The minimum absolute atomic E-state index is 0.0102. The number of nitrogens with one attached hydrogen (secondary N) is 2. The number of fused-ring (bicyclic) bond motifs is 1. The van der Waals surface area contributed by atoms with Gasteiger partial charge in [0.1, 0.15) is 11.6 Å². The molecular weight excluding hydrogens is 395 g/mol. The van der Waals surface area contributed by atoms with Crippen molar-refractivity contribution in [3.63, 3.8) is 0 Å². The summed E-state index contributed by atoms with van der Waals surface area (Å²) < 4.78 is 14.8. The molecule has 1 fully saturated rings. The van der Waals surface area contributed by atoms with Crippen molar-refractivity contribution < 1.29 is 9.18 Å². The number of benzene rings is 2. The van der Waals surface area contributed by atoms with Crippen molar-refractivity contribution in [2.24, 2.45) is 0 Å². The van der Waals surface area contributed by atoms with Crippen LogP contribution in [-0.2, 0) is 17.8 Å². The SMILES string of the molecule is C=C1CCC(n2c(C)nc3cccc(CNC(=O)Cc4ccc(F)cc4)c3c2=O)CN1. The lowest BCUT2D eigenvalue weighted by molar-refractivity contribution is -0.120. The molecule has 2 aromatic carbocycles. The Kier molecular flexibility index (Phi) is 5.84.